The molecule has 0 aromatic heterocycles. The van der Waals surface area contributed by atoms with Gasteiger partial charge in [-0.3, -0.25) is 14.9 Å². The van der Waals surface area contributed by atoms with Crippen LogP contribution >= 0.6 is 0 Å². The van der Waals surface area contributed by atoms with Crippen molar-refractivity contribution in [2.45, 2.75) is 25.8 Å². The minimum atomic E-state index is -0.527. The molecule has 0 unspecified atom stereocenters. The molecule has 114 valence electrons. The summed E-state index contributed by atoms with van der Waals surface area (Å²) in [5, 5.41) is 11.0. The first kappa shape index (κ1) is 15.2. The predicted molar refractivity (Wildman–Crippen MR) is 76.9 cm³/mol. The smallest absolute Gasteiger partial charge is 0.310 e. The lowest BCUT2D eigenvalue weighted by Gasteiger charge is -2.26. The van der Waals surface area contributed by atoms with Crippen LogP contribution in [0.5, 0.6) is 5.75 Å². The Kier molecular flexibility index (Phi) is 5.10. The third-order valence-electron chi connectivity index (χ3n) is 3.52. The van der Waals surface area contributed by atoms with Gasteiger partial charge in [0.05, 0.1) is 4.92 Å². The van der Waals surface area contributed by atoms with Crippen molar-refractivity contribution in [1.29, 1.82) is 0 Å². The number of carbonyl (C=O) groups is 1. The summed E-state index contributed by atoms with van der Waals surface area (Å²) in [4.78, 5) is 24.2. The highest BCUT2D eigenvalue weighted by atomic mass is 16.6. The SMILES string of the molecule is NCc1ccc([N+](=O)[O-])c(OCC(=O)N2CCCCC2)c1. The summed E-state index contributed by atoms with van der Waals surface area (Å²) < 4.78 is 5.37. The van der Waals surface area contributed by atoms with E-state index in [1.807, 2.05) is 0 Å². The fourth-order valence-electron chi connectivity index (χ4n) is 2.33. The van der Waals surface area contributed by atoms with Crippen molar-refractivity contribution >= 4 is 11.6 Å². The fourth-order valence-corrected chi connectivity index (χ4v) is 2.33. The Morgan fingerprint density at radius 1 is 1.33 bits per heavy atom. The van der Waals surface area contributed by atoms with E-state index in [0.717, 1.165) is 37.9 Å². The van der Waals surface area contributed by atoms with Gasteiger partial charge in [0.15, 0.2) is 12.4 Å². The number of nitro groups is 1. The lowest BCUT2D eigenvalue weighted by atomic mass is 10.1. The quantitative estimate of drug-likeness (QED) is 0.654. The lowest BCUT2D eigenvalue weighted by molar-refractivity contribution is -0.385. The molecule has 1 saturated heterocycles. The molecule has 0 radical (unpaired) electrons. The average molecular weight is 293 g/mol. The average Bonchev–Trinajstić information content (AvgIpc) is 2.52. The molecule has 1 aromatic carbocycles. The summed E-state index contributed by atoms with van der Waals surface area (Å²) in [6.07, 6.45) is 3.12. The van der Waals surface area contributed by atoms with Crippen LogP contribution in [0.25, 0.3) is 0 Å². The molecular weight excluding hydrogens is 274 g/mol. The van der Waals surface area contributed by atoms with E-state index in [4.69, 9.17) is 10.5 Å². The molecular formula is C14H19N3O4. The maximum absolute atomic E-state index is 12.0. The fraction of sp³-hybridized carbons (Fsp3) is 0.500. The van der Waals surface area contributed by atoms with Gasteiger partial charge < -0.3 is 15.4 Å². The van der Waals surface area contributed by atoms with Crippen LogP contribution in [-0.4, -0.2) is 35.4 Å². The molecule has 21 heavy (non-hydrogen) atoms. The first-order chi connectivity index (χ1) is 10.1. The van der Waals surface area contributed by atoms with E-state index in [2.05, 4.69) is 0 Å². The van der Waals surface area contributed by atoms with Crippen LogP contribution in [0, 0.1) is 10.1 Å². The Labute approximate surface area is 122 Å². The number of nitrogens with two attached hydrogens (primary N) is 1. The predicted octanol–water partition coefficient (Wildman–Crippen LogP) is 1.44. The molecule has 2 rings (SSSR count). The Bertz CT molecular complexity index is 527. The van der Waals surface area contributed by atoms with Crippen LogP contribution in [-0.2, 0) is 11.3 Å². The first-order valence-electron chi connectivity index (χ1n) is 7.00. The van der Waals surface area contributed by atoms with Gasteiger partial charge in [0.25, 0.3) is 5.91 Å². The van der Waals surface area contributed by atoms with Gasteiger partial charge in [-0.2, -0.15) is 0 Å². The van der Waals surface area contributed by atoms with Gasteiger partial charge in [-0.1, -0.05) is 6.07 Å². The molecule has 1 fully saturated rings. The van der Waals surface area contributed by atoms with E-state index in [9.17, 15) is 14.9 Å². The zero-order chi connectivity index (χ0) is 15.2. The number of benzene rings is 1. The Morgan fingerprint density at radius 2 is 2.05 bits per heavy atom. The van der Waals surface area contributed by atoms with Gasteiger partial charge in [-0.15, -0.1) is 0 Å². The number of hydrogen-bond donors (Lipinski definition) is 1. The zero-order valence-electron chi connectivity index (χ0n) is 11.8. The van der Waals surface area contributed by atoms with Crippen LogP contribution in [0.2, 0.25) is 0 Å². The standard InChI is InChI=1S/C14H19N3O4/c15-9-11-4-5-12(17(19)20)13(8-11)21-10-14(18)16-6-2-1-3-7-16/h4-5,8H,1-3,6-7,9-10,15H2. The number of rotatable bonds is 5. The van der Waals surface area contributed by atoms with E-state index in [1.54, 1.807) is 11.0 Å². The molecule has 1 aliphatic rings. The number of amides is 1. The molecule has 1 heterocycles. The molecule has 1 amide bonds. The van der Waals surface area contributed by atoms with Gasteiger partial charge in [0, 0.05) is 25.7 Å². The maximum Gasteiger partial charge on any atom is 0.310 e. The van der Waals surface area contributed by atoms with E-state index < -0.39 is 4.92 Å². The Hall–Kier alpha value is -2.15. The van der Waals surface area contributed by atoms with E-state index in [1.165, 1.54) is 12.1 Å². The molecule has 0 saturated carbocycles. The summed E-state index contributed by atoms with van der Waals surface area (Å²) in [6.45, 7) is 1.53. The second-order valence-corrected chi connectivity index (χ2v) is 4.99. The van der Waals surface area contributed by atoms with Crippen LogP contribution < -0.4 is 10.5 Å². The van der Waals surface area contributed by atoms with E-state index in [0.29, 0.717) is 0 Å². The van der Waals surface area contributed by atoms with Crippen molar-refractivity contribution in [3.05, 3.63) is 33.9 Å². The molecule has 0 aliphatic carbocycles. The lowest BCUT2D eigenvalue weighted by Crippen LogP contribution is -2.38. The van der Waals surface area contributed by atoms with Crippen molar-refractivity contribution in [2.75, 3.05) is 19.7 Å². The number of nitro benzene ring substituents is 1. The molecule has 7 heteroatoms. The molecule has 0 atom stereocenters. The molecule has 0 spiro atoms. The maximum atomic E-state index is 12.0. The summed E-state index contributed by atoms with van der Waals surface area (Å²) in [6, 6.07) is 4.45. The highest BCUT2D eigenvalue weighted by Gasteiger charge is 2.20. The Morgan fingerprint density at radius 3 is 2.67 bits per heavy atom. The second-order valence-electron chi connectivity index (χ2n) is 4.99. The second kappa shape index (κ2) is 7.03. The topological polar surface area (TPSA) is 98.7 Å². The van der Waals surface area contributed by atoms with Crippen LogP contribution in [0.3, 0.4) is 0 Å². The van der Waals surface area contributed by atoms with Gasteiger partial charge in [-0.05, 0) is 30.9 Å². The third kappa shape index (κ3) is 3.91. The number of carbonyl (C=O) groups excluding carboxylic acids is 1. The largest absolute Gasteiger partial charge is 0.477 e. The summed E-state index contributed by atoms with van der Waals surface area (Å²) in [5.74, 6) is -0.0459. The normalized spacial score (nSPS) is 14.8. The van der Waals surface area contributed by atoms with E-state index >= 15 is 0 Å². The number of hydrogen-bond acceptors (Lipinski definition) is 5. The first-order valence-corrected chi connectivity index (χ1v) is 7.00. The van der Waals surface area contributed by atoms with Crippen molar-refractivity contribution in [3.8, 4) is 5.75 Å². The minimum absolute atomic E-state index is 0.0910. The number of nitrogens with zero attached hydrogens (tertiary/aromatic N) is 2. The number of ether oxygens (including phenoxy) is 1. The summed E-state index contributed by atoms with van der Waals surface area (Å²) >= 11 is 0. The van der Waals surface area contributed by atoms with Gasteiger partial charge in [-0.25, -0.2) is 0 Å². The summed E-state index contributed by atoms with van der Waals surface area (Å²) in [5.41, 5.74) is 6.09. The Balaban J connectivity index is 2.04. The molecule has 2 N–H and O–H groups in total. The van der Waals surface area contributed by atoms with Crippen LogP contribution in [0.1, 0.15) is 24.8 Å². The number of likely N-dealkylation sites (tertiary alicyclic amines) is 1. The molecule has 0 bridgehead atoms. The van der Waals surface area contributed by atoms with Crippen LogP contribution in [0.4, 0.5) is 5.69 Å². The van der Waals surface area contributed by atoms with Crippen molar-refractivity contribution in [1.82, 2.24) is 4.90 Å². The van der Waals surface area contributed by atoms with Gasteiger partial charge >= 0.3 is 5.69 Å². The van der Waals surface area contributed by atoms with Gasteiger partial charge in [0.2, 0.25) is 0 Å². The summed E-state index contributed by atoms with van der Waals surface area (Å²) in [7, 11) is 0. The monoisotopic (exact) mass is 293 g/mol. The van der Waals surface area contributed by atoms with Crippen LogP contribution in [0.15, 0.2) is 18.2 Å². The van der Waals surface area contributed by atoms with E-state index in [-0.39, 0.29) is 30.5 Å². The highest BCUT2D eigenvalue weighted by Crippen LogP contribution is 2.28. The number of piperidine rings is 1. The molecule has 7 nitrogen and oxygen atoms in total. The third-order valence-corrected chi connectivity index (χ3v) is 3.52. The van der Waals surface area contributed by atoms with Crippen molar-refractivity contribution < 1.29 is 14.5 Å². The minimum Gasteiger partial charge on any atom is -0.477 e. The molecule has 1 aliphatic heterocycles. The van der Waals surface area contributed by atoms with Crippen molar-refractivity contribution in [3.63, 3.8) is 0 Å². The van der Waals surface area contributed by atoms with Crippen molar-refractivity contribution in [2.24, 2.45) is 5.73 Å². The zero-order valence-corrected chi connectivity index (χ0v) is 11.8. The van der Waals surface area contributed by atoms with Gasteiger partial charge in [0.1, 0.15) is 0 Å². The highest BCUT2D eigenvalue weighted by molar-refractivity contribution is 5.78. The molecule has 1 aromatic rings.